The van der Waals surface area contributed by atoms with Gasteiger partial charge in [-0.05, 0) is 31.8 Å². The molecule has 0 saturated carbocycles. The third-order valence-electron chi connectivity index (χ3n) is 2.17. The van der Waals surface area contributed by atoms with Gasteiger partial charge in [0.05, 0.1) is 18.3 Å². The fourth-order valence-electron chi connectivity index (χ4n) is 1.69. The first-order valence-corrected chi connectivity index (χ1v) is 15.0. The molecule has 90 valence electrons. The molecule has 1 aromatic rings. The summed E-state index contributed by atoms with van der Waals surface area (Å²) in [6, 6.07) is 5.80. The van der Waals surface area contributed by atoms with Crippen LogP contribution in [0.15, 0.2) is 18.2 Å². The summed E-state index contributed by atoms with van der Waals surface area (Å²) in [5, 5.41) is 11.7. The molecule has 0 radical (unpaired) electrons. The van der Waals surface area contributed by atoms with Crippen molar-refractivity contribution in [3.63, 3.8) is 0 Å². The van der Waals surface area contributed by atoms with Crippen molar-refractivity contribution in [2.75, 3.05) is 0 Å². The summed E-state index contributed by atoms with van der Waals surface area (Å²) < 4.78 is 6.14. The lowest BCUT2D eigenvalue weighted by Gasteiger charge is -2.26. The van der Waals surface area contributed by atoms with E-state index < -0.39 is 23.8 Å². The molecule has 1 aromatic heterocycles. The molecule has 0 atom stereocenters. The molecule has 1 rings (SSSR count). The van der Waals surface area contributed by atoms with E-state index in [2.05, 4.69) is 45.3 Å². The molecule has 2 nitrogen and oxygen atoms in total. The first kappa shape index (κ1) is 13.7. The van der Waals surface area contributed by atoms with E-state index in [9.17, 15) is 5.11 Å². The minimum absolute atomic E-state index is 0.569. The molecule has 16 heavy (non-hydrogen) atoms. The van der Waals surface area contributed by atoms with Crippen LogP contribution in [-0.2, 0) is 0 Å². The summed E-state index contributed by atoms with van der Waals surface area (Å²) in [7, 11) is -3.98. The maximum absolute atomic E-state index is 10.1. The van der Waals surface area contributed by atoms with E-state index in [-0.39, 0.29) is 0 Å². The SMILES string of the molecule is C[Si](C)(C)Oc1cccc(O)[si]1[Si](C)(C)C. The van der Waals surface area contributed by atoms with Gasteiger partial charge in [-0.2, -0.15) is 0 Å². The van der Waals surface area contributed by atoms with Gasteiger partial charge in [-0.25, -0.2) is 0 Å². The largest absolute Gasteiger partial charge is 0.548 e. The van der Waals surface area contributed by atoms with Crippen LogP contribution in [0.4, 0.5) is 0 Å². The Bertz CT molecular complexity index is 378. The Balaban J connectivity index is 3.24. The standard InChI is InChI=1S/C11H22O2Si3/c1-15(2,3)13-11-9-7-8-10(12)14(11)16(4,5)6/h7-9,12H,1-6H3. The molecule has 0 fully saturated rings. The Morgan fingerprint density at radius 2 is 1.62 bits per heavy atom. The molecule has 0 saturated heterocycles. The van der Waals surface area contributed by atoms with Crippen molar-refractivity contribution < 1.29 is 9.53 Å². The third kappa shape index (κ3) is 3.57. The lowest BCUT2D eigenvalue weighted by atomic mass is 10.5. The van der Waals surface area contributed by atoms with E-state index >= 15 is 0 Å². The molecule has 0 amide bonds. The first-order chi connectivity index (χ1) is 7.11. The van der Waals surface area contributed by atoms with Crippen LogP contribution in [0.3, 0.4) is 0 Å². The highest BCUT2D eigenvalue weighted by Gasteiger charge is 2.28. The predicted molar refractivity (Wildman–Crippen MR) is 76.8 cm³/mol. The Morgan fingerprint density at radius 3 is 2.06 bits per heavy atom. The smallest absolute Gasteiger partial charge is 0.241 e. The lowest BCUT2D eigenvalue weighted by Crippen LogP contribution is -2.38. The van der Waals surface area contributed by atoms with Crippen LogP contribution in [0.25, 0.3) is 0 Å². The Labute approximate surface area is 102 Å². The second-order valence-corrected chi connectivity index (χ2v) is 22.8. The van der Waals surface area contributed by atoms with Gasteiger partial charge >= 0.3 is 0 Å². The van der Waals surface area contributed by atoms with E-state index in [1.165, 1.54) is 0 Å². The molecule has 0 aromatic carbocycles. The highest BCUT2D eigenvalue weighted by atomic mass is 29.2. The number of hydrogen-bond donors (Lipinski definition) is 1. The van der Waals surface area contributed by atoms with Gasteiger partial charge in [0.15, 0.2) is 0 Å². The fourth-order valence-corrected chi connectivity index (χ4v) is 11.5. The minimum atomic E-state index is -1.57. The van der Waals surface area contributed by atoms with Gasteiger partial charge in [-0.3, -0.25) is 0 Å². The van der Waals surface area contributed by atoms with Crippen molar-refractivity contribution in [2.24, 2.45) is 0 Å². The topological polar surface area (TPSA) is 29.5 Å². The summed E-state index contributed by atoms with van der Waals surface area (Å²) >= 11 is 0. The number of aromatic hydroxyl groups is 1. The maximum Gasteiger partial charge on any atom is 0.241 e. The fraction of sp³-hybridized carbons (Fsp3) is 0.545. The van der Waals surface area contributed by atoms with Crippen LogP contribution in [0.1, 0.15) is 0 Å². The van der Waals surface area contributed by atoms with E-state index in [1.807, 2.05) is 12.1 Å². The van der Waals surface area contributed by atoms with E-state index in [4.69, 9.17) is 4.43 Å². The molecule has 0 bridgehead atoms. The molecular weight excluding hydrogens is 248 g/mol. The van der Waals surface area contributed by atoms with Gasteiger partial charge in [0.1, 0.15) is 7.91 Å². The predicted octanol–water partition coefficient (Wildman–Crippen LogP) is 3.31. The van der Waals surface area contributed by atoms with Crippen molar-refractivity contribution in [3.8, 4) is 10.7 Å². The Morgan fingerprint density at radius 1 is 1.06 bits per heavy atom. The molecule has 0 aliphatic heterocycles. The monoisotopic (exact) mass is 270 g/mol. The molecule has 1 N–H and O–H groups in total. The van der Waals surface area contributed by atoms with Crippen LogP contribution in [0, 0.1) is 0 Å². The zero-order valence-corrected chi connectivity index (χ0v) is 14.1. The molecule has 1 heterocycles. The summed E-state index contributed by atoms with van der Waals surface area (Å²) in [6.45, 7) is 13.5. The van der Waals surface area contributed by atoms with Gasteiger partial charge in [0.25, 0.3) is 0 Å². The molecule has 0 aliphatic rings. The number of hydrogen-bond acceptors (Lipinski definition) is 2. The van der Waals surface area contributed by atoms with Gasteiger partial charge in [-0.1, -0.05) is 25.7 Å². The number of rotatable bonds is 3. The van der Waals surface area contributed by atoms with E-state index in [1.54, 1.807) is 0 Å². The lowest BCUT2D eigenvalue weighted by molar-refractivity contribution is 0.485. The summed E-state index contributed by atoms with van der Waals surface area (Å²) in [5.41, 5.74) is 0. The van der Waals surface area contributed by atoms with E-state index in [0.717, 1.165) is 5.36 Å². The Kier molecular flexibility index (Phi) is 3.81. The van der Waals surface area contributed by atoms with Crippen molar-refractivity contribution in [3.05, 3.63) is 18.2 Å². The first-order valence-electron chi connectivity index (χ1n) is 5.63. The highest BCUT2D eigenvalue weighted by Crippen LogP contribution is 2.26. The summed E-state index contributed by atoms with van der Waals surface area (Å²) in [4.78, 5) is 0. The Hall–Kier alpha value is -0.399. The van der Waals surface area contributed by atoms with Gasteiger partial charge in [0.2, 0.25) is 8.32 Å². The maximum atomic E-state index is 10.1. The zero-order valence-electron chi connectivity index (χ0n) is 11.1. The molecular formula is C11H22O2Si3. The average molecular weight is 271 g/mol. The summed E-state index contributed by atoms with van der Waals surface area (Å²) in [5.74, 6) is 0. The van der Waals surface area contributed by atoms with Crippen LogP contribution in [0.2, 0.25) is 39.3 Å². The van der Waals surface area contributed by atoms with Crippen LogP contribution in [-0.4, -0.2) is 28.9 Å². The summed E-state index contributed by atoms with van der Waals surface area (Å²) in [6.07, 6.45) is 0. The van der Waals surface area contributed by atoms with Crippen molar-refractivity contribution in [1.82, 2.24) is 0 Å². The molecule has 0 aliphatic carbocycles. The van der Waals surface area contributed by atoms with Crippen LogP contribution in [0.5, 0.6) is 10.7 Å². The normalized spacial score (nSPS) is 12.6. The zero-order chi connectivity index (χ0) is 12.6. The van der Waals surface area contributed by atoms with Crippen LogP contribution < -0.4 is 4.43 Å². The molecule has 0 spiro atoms. The molecule has 5 heteroatoms. The minimum Gasteiger partial charge on any atom is -0.548 e. The van der Waals surface area contributed by atoms with Gasteiger partial charge < -0.3 is 9.53 Å². The van der Waals surface area contributed by atoms with Crippen LogP contribution >= 0.6 is 0 Å². The van der Waals surface area contributed by atoms with Gasteiger partial charge in [-0.15, -0.1) is 0 Å². The average Bonchev–Trinajstić information content (AvgIpc) is 1.97. The van der Waals surface area contributed by atoms with Gasteiger partial charge in [0, 0.05) is 0 Å². The van der Waals surface area contributed by atoms with E-state index in [0.29, 0.717) is 5.36 Å². The van der Waals surface area contributed by atoms with Crippen molar-refractivity contribution in [1.29, 1.82) is 0 Å². The third-order valence-corrected chi connectivity index (χ3v) is 12.2. The van der Waals surface area contributed by atoms with Crippen molar-refractivity contribution in [2.45, 2.75) is 39.3 Å². The second-order valence-electron chi connectivity index (χ2n) is 6.11. The van der Waals surface area contributed by atoms with Crippen molar-refractivity contribution >= 4 is 23.8 Å². The second kappa shape index (κ2) is 4.46. The highest BCUT2D eigenvalue weighted by molar-refractivity contribution is 7.30. The quantitative estimate of drug-likeness (QED) is 0.854. The molecule has 0 unspecified atom stereocenters.